The number of benzene rings is 1. The fourth-order valence-corrected chi connectivity index (χ4v) is 2.88. The van der Waals surface area contributed by atoms with Gasteiger partial charge in [-0.2, -0.15) is 0 Å². The van der Waals surface area contributed by atoms with Crippen LogP contribution in [0.25, 0.3) is 0 Å². The Bertz CT molecular complexity index is 517. The molecular formula is C14H14O3S. The maximum absolute atomic E-state index is 11.5. The SMILES string of the molecule is C[C@](O)(c1cccs1)[C@@H](C(=O)O)c1ccccc1. The Morgan fingerprint density at radius 1 is 1.22 bits per heavy atom. The smallest absolute Gasteiger partial charge is 0.314 e. The molecular weight excluding hydrogens is 248 g/mol. The number of aliphatic hydroxyl groups is 1. The van der Waals surface area contributed by atoms with Crippen molar-refractivity contribution in [2.75, 3.05) is 0 Å². The number of carboxylic acid groups (broad SMARTS) is 1. The highest BCUT2D eigenvalue weighted by Crippen LogP contribution is 2.38. The monoisotopic (exact) mass is 262 g/mol. The molecule has 3 nitrogen and oxygen atoms in total. The van der Waals surface area contributed by atoms with Gasteiger partial charge in [0.05, 0.1) is 0 Å². The van der Waals surface area contributed by atoms with Crippen molar-refractivity contribution < 1.29 is 15.0 Å². The zero-order valence-electron chi connectivity index (χ0n) is 9.91. The summed E-state index contributed by atoms with van der Waals surface area (Å²) in [5.74, 6) is -2.00. The van der Waals surface area contributed by atoms with Crippen molar-refractivity contribution in [1.82, 2.24) is 0 Å². The zero-order valence-corrected chi connectivity index (χ0v) is 10.7. The zero-order chi connectivity index (χ0) is 13.2. The summed E-state index contributed by atoms with van der Waals surface area (Å²) >= 11 is 1.36. The molecule has 2 rings (SSSR count). The minimum atomic E-state index is -1.42. The molecule has 2 N–H and O–H groups in total. The summed E-state index contributed by atoms with van der Waals surface area (Å²) in [6.07, 6.45) is 0. The van der Waals surface area contributed by atoms with E-state index in [9.17, 15) is 15.0 Å². The summed E-state index contributed by atoms with van der Waals surface area (Å²) in [7, 11) is 0. The standard InChI is InChI=1S/C14H14O3S/c1-14(17,11-8-5-9-18-11)12(13(15)16)10-6-3-2-4-7-10/h2-9,12,17H,1H3,(H,15,16)/t12-,14+/m1/s1. The highest BCUT2D eigenvalue weighted by atomic mass is 32.1. The van der Waals surface area contributed by atoms with Gasteiger partial charge in [-0.3, -0.25) is 4.79 Å². The van der Waals surface area contributed by atoms with E-state index >= 15 is 0 Å². The molecule has 0 aliphatic carbocycles. The van der Waals surface area contributed by atoms with Gasteiger partial charge in [0, 0.05) is 4.88 Å². The van der Waals surface area contributed by atoms with E-state index in [2.05, 4.69) is 0 Å². The second-order valence-corrected chi connectivity index (χ2v) is 5.25. The van der Waals surface area contributed by atoms with Crippen LogP contribution in [0.2, 0.25) is 0 Å². The van der Waals surface area contributed by atoms with E-state index in [0.29, 0.717) is 10.4 Å². The van der Waals surface area contributed by atoms with Crippen LogP contribution in [0.5, 0.6) is 0 Å². The van der Waals surface area contributed by atoms with Crippen molar-refractivity contribution in [3.8, 4) is 0 Å². The van der Waals surface area contributed by atoms with Gasteiger partial charge in [-0.15, -0.1) is 11.3 Å². The maximum Gasteiger partial charge on any atom is 0.314 e. The van der Waals surface area contributed by atoms with Crippen LogP contribution in [-0.4, -0.2) is 16.2 Å². The van der Waals surface area contributed by atoms with Crippen LogP contribution < -0.4 is 0 Å². The Morgan fingerprint density at radius 3 is 2.39 bits per heavy atom. The van der Waals surface area contributed by atoms with Gasteiger partial charge >= 0.3 is 5.97 Å². The molecule has 0 radical (unpaired) electrons. The van der Waals surface area contributed by atoms with Gasteiger partial charge in [0.25, 0.3) is 0 Å². The van der Waals surface area contributed by atoms with Crippen LogP contribution in [0, 0.1) is 0 Å². The van der Waals surface area contributed by atoms with E-state index in [1.54, 1.807) is 43.3 Å². The fraction of sp³-hybridized carbons (Fsp3) is 0.214. The van der Waals surface area contributed by atoms with Crippen molar-refractivity contribution >= 4 is 17.3 Å². The first-order chi connectivity index (χ1) is 8.53. The number of carboxylic acids is 1. The minimum Gasteiger partial charge on any atom is -0.481 e. The Labute approximate surface area is 109 Å². The number of carbonyl (C=O) groups is 1. The predicted molar refractivity (Wildman–Crippen MR) is 70.7 cm³/mol. The van der Waals surface area contributed by atoms with E-state index in [4.69, 9.17) is 0 Å². The summed E-state index contributed by atoms with van der Waals surface area (Å²) in [6, 6.07) is 12.4. The maximum atomic E-state index is 11.5. The summed E-state index contributed by atoms with van der Waals surface area (Å²) in [6.45, 7) is 1.55. The van der Waals surface area contributed by atoms with Crippen LogP contribution in [0.1, 0.15) is 23.3 Å². The van der Waals surface area contributed by atoms with Crippen molar-refractivity contribution in [3.63, 3.8) is 0 Å². The quantitative estimate of drug-likeness (QED) is 0.890. The molecule has 18 heavy (non-hydrogen) atoms. The molecule has 2 atom stereocenters. The third kappa shape index (κ3) is 2.30. The fourth-order valence-electron chi connectivity index (χ4n) is 2.06. The van der Waals surface area contributed by atoms with Crippen LogP contribution in [-0.2, 0) is 10.4 Å². The number of thiophene rings is 1. The highest BCUT2D eigenvalue weighted by Gasteiger charge is 2.40. The number of rotatable bonds is 4. The van der Waals surface area contributed by atoms with E-state index < -0.39 is 17.5 Å². The Kier molecular flexibility index (Phi) is 3.50. The molecule has 1 aromatic heterocycles. The highest BCUT2D eigenvalue weighted by molar-refractivity contribution is 7.10. The van der Waals surface area contributed by atoms with Gasteiger partial charge in [-0.05, 0) is 23.9 Å². The van der Waals surface area contributed by atoms with Gasteiger partial charge in [0.1, 0.15) is 11.5 Å². The lowest BCUT2D eigenvalue weighted by Gasteiger charge is -2.29. The number of aliphatic carboxylic acids is 1. The lowest BCUT2D eigenvalue weighted by atomic mass is 9.82. The van der Waals surface area contributed by atoms with Crippen LogP contribution in [0.15, 0.2) is 47.8 Å². The molecule has 0 amide bonds. The van der Waals surface area contributed by atoms with Crippen LogP contribution in [0.4, 0.5) is 0 Å². The third-order valence-electron chi connectivity index (χ3n) is 2.96. The lowest BCUT2D eigenvalue weighted by Crippen LogP contribution is -2.34. The molecule has 0 unspecified atom stereocenters. The van der Waals surface area contributed by atoms with Crippen molar-refractivity contribution in [2.24, 2.45) is 0 Å². The summed E-state index contributed by atoms with van der Waals surface area (Å²) < 4.78 is 0. The summed E-state index contributed by atoms with van der Waals surface area (Å²) in [5.41, 5.74) is -0.815. The van der Waals surface area contributed by atoms with E-state index in [0.717, 1.165) is 0 Å². The Hall–Kier alpha value is -1.65. The average molecular weight is 262 g/mol. The van der Waals surface area contributed by atoms with E-state index in [1.165, 1.54) is 11.3 Å². The number of hydrogen-bond donors (Lipinski definition) is 2. The molecule has 94 valence electrons. The second kappa shape index (κ2) is 4.92. The summed E-state index contributed by atoms with van der Waals surface area (Å²) in [4.78, 5) is 12.1. The molecule has 0 spiro atoms. The van der Waals surface area contributed by atoms with Crippen molar-refractivity contribution in [2.45, 2.75) is 18.4 Å². The first kappa shape index (κ1) is 12.8. The average Bonchev–Trinajstić information content (AvgIpc) is 2.83. The first-order valence-electron chi connectivity index (χ1n) is 5.57. The molecule has 2 aromatic rings. The second-order valence-electron chi connectivity index (χ2n) is 4.31. The van der Waals surface area contributed by atoms with E-state index in [-0.39, 0.29) is 0 Å². The molecule has 1 aromatic carbocycles. The lowest BCUT2D eigenvalue weighted by molar-refractivity contribution is -0.145. The van der Waals surface area contributed by atoms with Gasteiger partial charge < -0.3 is 10.2 Å². The molecule has 0 saturated heterocycles. The molecule has 0 bridgehead atoms. The van der Waals surface area contributed by atoms with Crippen molar-refractivity contribution in [1.29, 1.82) is 0 Å². The number of hydrogen-bond acceptors (Lipinski definition) is 3. The van der Waals surface area contributed by atoms with Gasteiger partial charge in [0.15, 0.2) is 0 Å². The van der Waals surface area contributed by atoms with Gasteiger partial charge in [0.2, 0.25) is 0 Å². The third-order valence-corrected chi connectivity index (χ3v) is 4.06. The van der Waals surface area contributed by atoms with Crippen LogP contribution >= 0.6 is 11.3 Å². The van der Waals surface area contributed by atoms with Gasteiger partial charge in [-0.25, -0.2) is 0 Å². The molecule has 0 aliphatic heterocycles. The van der Waals surface area contributed by atoms with Crippen molar-refractivity contribution in [3.05, 3.63) is 58.3 Å². The largest absolute Gasteiger partial charge is 0.481 e. The van der Waals surface area contributed by atoms with Crippen LogP contribution in [0.3, 0.4) is 0 Å². The summed E-state index contributed by atoms with van der Waals surface area (Å²) in [5, 5.41) is 21.8. The molecule has 0 saturated carbocycles. The first-order valence-corrected chi connectivity index (χ1v) is 6.45. The normalized spacial score (nSPS) is 15.9. The minimum absolute atomic E-state index is 0.600. The Balaban J connectivity index is 2.46. The molecule has 4 heteroatoms. The molecule has 0 aliphatic rings. The van der Waals surface area contributed by atoms with Gasteiger partial charge in [-0.1, -0.05) is 36.4 Å². The Morgan fingerprint density at radius 2 is 1.89 bits per heavy atom. The molecule has 0 fully saturated rings. The predicted octanol–water partition coefficient (Wildman–Crippen LogP) is 2.82. The van der Waals surface area contributed by atoms with E-state index in [1.807, 2.05) is 11.4 Å². The molecule has 1 heterocycles. The topological polar surface area (TPSA) is 57.5 Å².